The van der Waals surface area contributed by atoms with E-state index in [-0.39, 0.29) is 6.54 Å². The number of aryl methyl sites for hydroxylation is 1. The van der Waals surface area contributed by atoms with Gasteiger partial charge >= 0.3 is 11.8 Å². The zero-order valence-electron chi connectivity index (χ0n) is 12.9. The van der Waals surface area contributed by atoms with Gasteiger partial charge in [-0.3, -0.25) is 9.59 Å². The second-order valence-corrected chi connectivity index (χ2v) is 5.77. The topological polar surface area (TPSA) is 83.4 Å². The minimum Gasteiger partial charge on any atom is -0.385 e. The van der Waals surface area contributed by atoms with Crippen molar-refractivity contribution >= 4 is 29.3 Å². The number of aliphatic hydroxyl groups excluding tert-OH is 1. The van der Waals surface area contributed by atoms with Crippen molar-refractivity contribution in [3.05, 3.63) is 48.3 Å². The highest BCUT2D eigenvalue weighted by Gasteiger charge is 2.17. The van der Waals surface area contributed by atoms with Crippen molar-refractivity contribution < 1.29 is 14.7 Å². The normalized spacial score (nSPS) is 11.8. The SMILES string of the molecule is CSc1ccccc1NC(=O)C(=O)NC[C@@H](O)c1cccn1C. The third-order valence-corrected chi connectivity index (χ3v) is 4.14. The molecular formula is C16H19N3O3S. The summed E-state index contributed by atoms with van der Waals surface area (Å²) in [5.41, 5.74) is 1.25. The van der Waals surface area contributed by atoms with E-state index >= 15 is 0 Å². The lowest BCUT2D eigenvalue weighted by Gasteiger charge is -2.13. The summed E-state index contributed by atoms with van der Waals surface area (Å²) in [6.07, 6.45) is 2.82. The summed E-state index contributed by atoms with van der Waals surface area (Å²) in [6.45, 7) is -0.0335. The third-order valence-electron chi connectivity index (χ3n) is 3.34. The number of hydrogen-bond acceptors (Lipinski definition) is 4. The summed E-state index contributed by atoms with van der Waals surface area (Å²) >= 11 is 1.48. The van der Waals surface area contributed by atoms with Gasteiger partial charge in [0, 0.05) is 30.4 Å². The number of aromatic nitrogens is 1. The summed E-state index contributed by atoms with van der Waals surface area (Å²) in [7, 11) is 1.80. The van der Waals surface area contributed by atoms with Gasteiger partial charge in [0.05, 0.1) is 5.69 Å². The van der Waals surface area contributed by atoms with Crippen LogP contribution in [-0.4, -0.2) is 34.3 Å². The third kappa shape index (κ3) is 4.37. The van der Waals surface area contributed by atoms with Crippen molar-refractivity contribution in [1.29, 1.82) is 0 Å². The molecule has 2 aromatic rings. The van der Waals surface area contributed by atoms with Crippen LogP contribution in [0.25, 0.3) is 0 Å². The van der Waals surface area contributed by atoms with Gasteiger partial charge in [0.2, 0.25) is 0 Å². The molecular weight excluding hydrogens is 314 g/mol. The van der Waals surface area contributed by atoms with Gasteiger partial charge in [-0.1, -0.05) is 12.1 Å². The first-order chi connectivity index (χ1) is 11.0. The van der Waals surface area contributed by atoms with E-state index in [0.717, 1.165) is 4.90 Å². The van der Waals surface area contributed by atoms with Gasteiger partial charge < -0.3 is 20.3 Å². The highest BCUT2D eigenvalue weighted by atomic mass is 32.2. The average Bonchev–Trinajstić information content (AvgIpc) is 2.98. The standard InChI is InChI=1S/C16H19N3O3S/c1-19-9-5-7-12(19)13(20)10-17-15(21)16(22)18-11-6-3-4-8-14(11)23-2/h3-9,13,20H,10H2,1-2H3,(H,17,21)(H,18,22)/t13-/m1/s1. The van der Waals surface area contributed by atoms with Crippen LogP contribution in [-0.2, 0) is 16.6 Å². The largest absolute Gasteiger partial charge is 0.385 e. The molecule has 1 aromatic heterocycles. The summed E-state index contributed by atoms with van der Waals surface area (Å²) in [5, 5.41) is 15.0. The van der Waals surface area contributed by atoms with Crippen molar-refractivity contribution in [2.24, 2.45) is 7.05 Å². The number of benzene rings is 1. The van der Waals surface area contributed by atoms with Crippen LogP contribution in [0.5, 0.6) is 0 Å². The van der Waals surface area contributed by atoms with E-state index in [1.165, 1.54) is 11.8 Å². The molecule has 122 valence electrons. The minimum absolute atomic E-state index is 0.0335. The molecule has 2 rings (SSSR count). The summed E-state index contributed by atoms with van der Waals surface area (Å²) in [6, 6.07) is 10.8. The van der Waals surface area contributed by atoms with Crippen LogP contribution < -0.4 is 10.6 Å². The maximum Gasteiger partial charge on any atom is 0.313 e. The molecule has 0 spiro atoms. The highest BCUT2D eigenvalue weighted by Crippen LogP contribution is 2.24. The van der Waals surface area contributed by atoms with Crippen molar-refractivity contribution in [3.63, 3.8) is 0 Å². The summed E-state index contributed by atoms with van der Waals surface area (Å²) in [5.74, 6) is -1.54. The molecule has 0 radical (unpaired) electrons. The second kappa shape index (κ2) is 7.85. The smallest absolute Gasteiger partial charge is 0.313 e. The Bertz CT molecular complexity index is 699. The van der Waals surface area contributed by atoms with E-state index < -0.39 is 17.9 Å². The number of nitrogens with one attached hydrogen (secondary N) is 2. The van der Waals surface area contributed by atoms with Gasteiger partial charge in [0.1, 0.15) is 6.10 Å². The molecule has 0 aliphatic carbocycles. The fourth-order valence-electron chi connectivity index (χ4n) is 2.12. The van der Waals surface area contributed by atoms with Gasteiger partial charge in [-0.15, -0.1) is 11.8 Å². The van der Waals surface area contributed by atoms with E-state index in [2.05, 4.69) is 10.6 Å². The Hall–Kier alpha value is -2.25. The number of rotatable bonds is 5. The van der Waals surface area contributed by atoms with Gasteiger partial charge in [-0.05, 0) is 30.5 Å². The van der Waals surface area contributed by atoms with Crippen molar-refractivity contribution in [1.82, 2.24) is 9.88 Å². The Morgan fingerprint density at radius 3 is 2.61 bits per heavy atom. The number of carbonyl (C=O) groups excluding carboxylic acids is 2. The fraction of sp³-hybridized carbons (Fsp3) is 0.250. The second-order valence-electron chi connectivity index (χ2n) is 4.92. The monoisotopic (exact) mass is 333 g/mol. The number of thioether (sulfide) groups is 1. The molecule has 3 N–H and O–H groups in total. The van der Waals surface area contributed by atoms with Crippen LogP contribution >= 0.6 is 11.8 Å². The molecule has 1 aromatic carbocycles. The molecule has 0 aliphatic rings. The average molecular weight is 333 g/mol. The molecule has 0 saturated carbocycles. The van der Waals surface area contributed by atoms with E-state index in [1.54, 1.807) is 42.1 Å². The van der Waals surface area contributed by atoms with E-state index in [4.69, 9.17) is 0 Å². The summed E-state index contributed by atoms with van der Waals surface area (Å²) < 4.78 is 1.76. The first kappa shape index (κ1) is 17.1. The molecule has 6 nitrogen and oxygen atoms in total. The quantitative estimate of drug-likeness (QED) is 0.572. The van der Waals surface area contributed by atoms with Crippen LogP contribution in [0.3, 0.4) is 0 Å². The Balaban J connectivity index is 1.90. The van der Waals surface area contributed by atoms with Crippen LogP contribution in [0.15, 0.2) is 47.5 Å². The number of amides is 2. The van der Waals surface area contributed by atoms with Gasteiger partial charge in [0.25, 0.3) is 0 Å². The lowest BCUT2D eigenvalue weighted by molar-refractivity contribution is -0.136. The molecule has 0 bridgehead atoms. The number of aliphatic hydroxyl groups is 1. The Kier molecular flexibility index (Phi) is 5.84. The maximum atomic E-state index is 11.9. The lowest BCUT2D eigenvalue weighted by Crippen LogP contribution is -2.38. The van der Waals surface area contributed by atoms with Crippen molar-refractivity contribution in [2.45, 2.75) is 11.0 Å². The van der Waals surface area contributed by atoms with Gasteiger partial charge in [-0.2, -0.15) is 0 Å². The Labute approximate surface area is 138 Å². The molecule has 1 heterocycles. The van der Waals surface area contributed by atoms with Crippen LogP contribution in [0.4, 0.5) is 5.69 Å². The molecule has 0 fully saturated rings. The van der Waals surface area contributed by atoms with Crippen LogP contribution in [0, 0.1) is 0 Å². The molecule has 0 unspecified atom stereocenters. The molecule has 2 amide bonds. The summed E-state index contributed by atoms with van der Waals surface area (Å²) in [4.78, 5) is 24.7. The van der Waals surface area contributed by atoms with Crippen LogP contribution in [0.1, 0.15) is 11.8 Å². The lowest BCUT2D eigenvalue weighted by atomic mass is 10.2. The zero-order chi connectivity index (χ0) is 16.8. The first-order valence-electron chi connectivity index (χ1n) is 7.04. The Morgan fingerprint density at radius 1 is 1.22 bits per heavy atom. The van der Waals surface area contributed by atoms with Gasteiger partial charge in [-0.25, -0.2) is 0 Å². The van der Waals surface area contributed by atoms with E-state index in [0.29, 0.717) is 11.4 Å². The number of anilines is 1. The fourth-order valence-corrected chi connectivity index (χ4v) is 2.68. The molecule has 23 heavy (non-hydrogen) atoms. The highest BCUT2D eigenvalue weighted by molar-refractivity contribution is 7.98. The molecule has 7 heteroatoms. The maximum absolute atomic E-state index is 11.9. The number of para-hydroxylation sites is 1. The molecule has 0 aliphatic heterocycles. The predicted molar refractivity (Wildman–Crippen MR) is 90.2 cm³/mol. The minimum atomic E-state index is -0.870. The first-order valence-corrected chi connectivity index (χ1v) is 8.27. The van der Waals surface area contributed by atoms with E-state index in [1.807, 2.05) is 18.4 Å². The molecule has 1 atom stereocenters. The van der Waals surface area contributed by atoms with Crippen molar-refractivity contribution in [2.75, 3.05) is 18.1 Å². The van der Waals surface area contributed by atoms with E-state index in [9.17, 15) is 14.7 Å². The van der Waals surface area contributed by atoms with Crippen molar-refractivity contribution in [3.8, 4) is 0 Å². The van der Waals surface area contributed by atoms with Crippen LogP contribution in [0.2, 0.25) is 0 Å². The predicted octanol–water partition coefficient (Wildman–Crippen LogP) is 1.54. The number of hydrogen-bond donors (Lipinski definition) is 3. The van der Waals surface area contributed by atoms with Gasteiger partial charge in [0.15, 0.2) is 0 Å². The zero-order valence-corrected chi connectivity index (χ0v) is 13.8. The number of carbonyl (C=O) groups is 2. The Morgan fingerprint density at radius 2 is 1.96 bits per heavy atom. The molecule has 0 saturated heterocycles. The number of nitrogens with zero attached hydrogens (tertiary/aromatic N) is 1.